The van der Waals surface area contributed by atoms with Crippen LogP contribution in [-0.4, -0.2) is 33.6 Å². The molecule has 0 bridgehead atoms. The Balaban J connectivity index is 1.56. The largest absolute Gasteiger partial charge is 0.396 e. The minimum atomic E-state index is -0.291. The van der Waals surface area contributed by atoms with Gasteiger partial charge in [-0.3, -0.25) is 10.00 Å². The molecule has 1 aromatic heterocycles. The number of aromatic nitrogens is 2. The predicted octanol–water partition coefficient (Wildman–Crippen LogP) is 2.55. The summed E-state index contributed by atoms with van der Waals surface area (Å²) >= 11 is 0. The molecule has 0 fully saturated rings. The van der Waals surface area contributed by atoms with Crippen LogP contribution in [0.3, 0.4) is 0 Å². The monoisotopic (exact) mass is 326 g/mol. The molecule has 1 unspecified atom stereocenters. The van der Waals surface area contributed by atoms with E-state index in [4.69, 9.17) is 5.11 Å². The Kier molecular flexibility index (Phi) is 4.96. The second-order valence-corrected chi connectivity index (χ2v) is 6.04. The molecule has 0 saturated heterocycles. The number of nitrogens with zero attached hydrogens (tertiary/aromatic N) is 2. The molecular weight excluding hydrogens is 304 g/mol. The molecule has 1 aliphatic carbocycles. The van der Waals surface area contributed by atoms with Gasteiger partial charge in [0, 0.05) is 30.8 Å². The van der Waals surface area contributed by atoms with Gasteiger partial charge >= 0.3 is 6.03 Å². The molecule has 1 heterocycles. The second-order valence-electron chi connectivity index (χ2n) is 6.04. The summed E-state index contributed by atoms with van der Waals surface area (Å²) in [4.78, 5) is 12.0. The molecule has 126 valence electrons. The summed E-state index contributed by atoms with van der Waals surface area (Å²) in [6.07, 6.45) is 6.42. The minimum absolute atomic E-state index is 0.0486. The Morgan fingerprint density at radius 1 is 1.33 bits per heavy atom. The number of carbonyl (C=O) groups excluding carboxylic acids is 1. The number of urea groups is 1. The number of carbonyl (C=O) groups is 1. The van der Waals surface area contributed by atoms with Crippen LogP contribution in [0.4, 0.5) is 10.6 Å². The van der Waals surface area contributed by atoms with Crippen molar-refractivity contribution in [3.63, 3.8) is 0 Å². The highest BCUT2D eigenvalue weighted by atomic mass is 16.3. The van der Waals surface area contributed by atoms with Gasteiger partial charge in [0.05, 0.1) is 6.04 Å². The van der Waals surface area contributed by atoms with E-state index in [1.54, 1.807) is 6.07 Å². The van der Waals surface area contributed by atoms with E-state index >= 15 is 0 Å². The third-order valence-corrected chi connectivity index (χ3v) is 4.25. The van der Waals surface area contributed by atoms with E-state index in [-0.39, 0.29) is 30.6 Å². The van der Waals surface area contributed by atoms with Gasteiger partial charge in [-0.05, 0) is 18.9 Å². The van der Waals surface area contributed by atoms with Crippen molar-refractivity contribution in [1.29, 1.82) is 0 Å². The maximum Gasteiger partial charge on any atom is 0.320 e. The zero-order valence-corrected chi connectivity index (χ0v) is 13.6. The Bertz CT molecular complexity index is 711. The van der Waals surface area contributed by atoms with E-state index in [2.05, 4.69) is 34.8 Å². The Morgan fingerprint density at radius 3 is 2.83 bits per heavy atom. The third kappa shape index (κ3) is 3.83. The number of hydrogen-bond donors (Lipinski definition) is 3. The lowest BCUT2D eigenvalue weighted by Crippen LogP contribution is -2.36. The average Bonchev–Trinajstić information content (AvgIpc) is 3.24. The SMILES string of the molecule is CC(c1ccccc1)n1ccc(NC(=O)N[C@@H]2C=C[C@H](CO)C2)n1. The van der Waals surface area contributed by atoms with Gasteiger partial charge in [0.2, 0.25) is 0 Å². The van der Waals surface area contributed by atoms with Gasteiger partial charge in [-0.15, -0.1) is 0 Å². The van der Waals surface area contributed by atoms with Crippen LogP contribution in [-0.2, 0) is 0 Å². The predicted molar refractivity (Wildman–Crippen MR) is 92.8 cm³/mol. The van der Waals surface area contributed by atoms with Gasteiger partial charge in [0.1, 0.15) is 0 Å². The highest BCUT2D eigenvalue weighted by Gasteiger charge is 2.20. The molecule has 0 aliphatic heterocycles. The number of amides is 2. The number of anilines is 1. The number of hydrogen-bond acceptors (Lipinski definition) is 3. The van der Waals surface area contributed by atoms with E-state index in [1.165, 1.54) is 0 Å². The molecule has 6 heteroatoms. The second kappa shape index (κ2) is 7.31. The van der Waals surface area contributed by atoms with E-state index in [0.29, 0.717) is 5.82 Å². The van der Waals surface area contributed by atoms with E-state index < -0.39 is 0 Å². The number of aliphatic hydroxyl groups excluding tert-OH is 1. The first-order valence-corrected chi connectivity index (χ1v) is 8.12. The van der Waals surface area contributed by atoms with Gasteiger partial charge < -0.3 is 10.4 Å². The van der Waals surface area contributed by atoms with E-state index in [0.717, 1.165) is 12.0 Å². The number of rotatable bonds is 5. The first-order valence-electron chi connectivity index (χ1n) is 8.12. The summed E-state index contributed by atoms with van der Waals surface area (Å²) in [6, 6.07) is 11.6. The quantitative estimate of drug-likeness (QED) is 0.739. The van der Waals surface area contributed by atoms with Crippen LogP contribution in [0.1, 0.15) is 24.9 Å². The van der Waals surface area contributed by atoms with Gasteiger partial charge in [-0.2, -0.15) is 5.10 Å². The molecule has 1 aliphatic rings. The van der Waals surface area contributed by atoms with Crippen molar-refractivity contribution in [2.24, 2.45) is 5.92 Å². The first-order chi connectivity index (χ1) is 11.7. The van der Waals surface area contributed by atoms with Crippen LogP contribution in [0.2, 0.25) is 0 Å². The average molecular weight is 326 g/mol. The van der Waals surface area contributed by atoms with E-state index in [1.807, 2.05) is 41.2 Å². The molecule has 3 atom stereocenters. The molecule has 3 N–H and O–H groups in total. The zero-order chi connectivity index (χ0) is 16.9. The van der Waals surface area contributed by atoms with Crippen molar-refractivity contribution < 1.29 is 9.90 Å². The van der Waals surface area contributed by atoms with Crippen molar-refractivity contribution in [3.8, 4) is 0 Å². The molecule has 0 saturated carbocycles. The summed E-state index contributed by atoms with van der Waals surface area (Å²) in [6.45, 7) is 2.17. The fraction of sp³-hybridized carbons (Fsp3) is 0.333. The van der Waals surface area contributed by atoms with Crippen LogP contribution >= 0.6 is 0 Å². The smallest absolute Gasteiger partial charge is 0.320 e. The van der Waals surface area contributed by atoms with Crippen molar-refractivity contribution in [2.75, 3.05) is 11.9 Å². The highest BCUT2D eigenvalue weighted by molar-refractivity contribution is 5.88. The van der Waals surface area contributed by atoms with Crippen molar-refractivity contribution in [3.05, 3.63) is 60.3 Å². The molecule has 0 spiro atoms. The lowest BCUT2D eigenvalue weighted by atomic mass is 10.1. The summed E-state index contributed by atoms with van der Waals surface area (Å²) in [5.41, 5.74) is 1.16. The van der Waals surface area contributed by atoms with Crippen LogP contribution in [0.5, 0.6) is 0 Å². The standard InChI is InChI=1S/C18H22N4O2/c1-13(15-5-3-2-4-6-15)22-10-9-17(21-22)20-18(24)19-16-8-7-14(11-16)12-23/h2-10,13-14,16,23H,11-12H2,1H3,(H2,19,20,21,24)/t13?,14-,16+/m0/s1. The highest BCUT2D eigenvalue weighted by Crippen LogP contribution is 2.19. The van der Waals surface area contributed by atoms with Crippen LogP contribution in [0, 0.1) is 5.92 Å². The summed E-state index contributed by atoms with van der Waals surface area (Å²) in [7, 11) is 0. The summed E-state index contributed by atoms with van der Waals surface area (Å²) in [5.74, 6) is 0.636. The summed E-state index contributed by atoms with van der Waals surface area (Å²) in [5, 5.41) is 19.1. The van der Waals surface area contributed by atoms with Crippen molar-refractivity contribution in [2.45, 2.75) is 25.4 Å². The van der Waals surface area contributed by atoms with Crippen LogP contribution < -0.4 is 10.6 Å². The lowest BCUT2D eigenvalue weighted by molar-refractivity contribution is 0.238. The maximum atomic E-state index is 12.0. The molecule has 24 heavy (non-hydrogen) atoms. The van der Waals surface area contributed by atoms with Gasteiger partial charge in [0.15, 0.2) is 5.82 Å². The molecular formula is C18H22N4O2. The fourth-order valence-corrected chi connectivity index (χ4v) is 2.84. The Morgan fingerprint density at radius 2 is 2.12 bits per heavy atom. The molecule has 1 aromatic carbocycles. The number of aliphatic hydroxyl groups is 1. The number of nitrogens with one attached hydrogen (secondary N) is 2. The first kappa shape index (κ1) is 16.3. The third-order valence-electron chi connectivity index (χ3n) is 4.25. The lowest BCUT2D eigenvalue weighted by Gasteiger charge is -2.13. The Labute approximate surface area is 141 Å². The minimum Gasteiger partial charge on any atom is -0.396 e. The normalized spacial score (nSPS) is 20.8. The van der Waals surface area contributed by atoms with Crippen molar-refractivity contribution >= 4 is 11.8 Å². The maximum absolute atomic E-state index is 12.0. The molecule has 6 nitrogen and oxygen atoms in total. The fourth-order valence-electron chi connectivity index (χ4n) is 2.84. The van der Waals surface area contributed by atoms with Gasteiger partial charge in [-0.25, -0.2) is 4.79 Å². The Hall–Kier alpha value is -2.60. The topological polar surface area (TPSA) is 79.2 Å². The van der Waals surface area contributed by atoms with Crippen LogP contribution in [0.25, 0.3) is 0 Å². The van der Waals surface area contributed by atoms with Gasteiger partial charge in [0.25, 0.3) is 0 Å². The summed E-state index contributed by atoms with van der Waals surface area (Å²) < 4.78 is 1.82. The molecule has 0 radical (unpaired) electrons. The molecule has 3 rings (SSSR count). The number of benzene rings is 1. The van der Waals surface area contributed by atoms with Gasteiger partial charge in [-0.1, -0.05) is 42.5 Å². The van der Waals surface area contributed by atoms with Crippen molar-refractivity contribution in [1.82, 2.24) is 15.1 Å². The zero-order valence-electron chi connectivity index (χ0n) is 13.6. The van der Waals surface area contributed by atoms with E-state index in [9.17, 15) is 4.79 Å². The molecule has 2 amide bonds. The van der Waals surface area contributed by atoms with Crippen LogP contribution in [0.15, 0.2) is 54.7 Å². The molecule has 2 aromatic rings.